The van der Waals surface area contributed by atoms with E-state index < -0.39 is 5.97 Å². The Morgan fingerprint density at radius 1 is 1.33 bits per heavy atom. The zero-order valence-electron chi connectivity index (χ0n) is 11.3. The van der Waals surface area contributed by atoms with E-state index in [0.717, 1.165) is 33.5 Å². The molecule has 2 rings (SSSR count). The van der Waals surface area contributed by atoms with E-state index in [0.29, 0.717) is 5.56 Å². The van der Waals surface area contributed by atoms with Crippen LogP contribution in [0.5, 0.6) is 5.75 Å². The number of carboxylic acid groups (broad SMARTS) is 1. The van der Waals surface area contributed by atoms with Crippen molar-refractivity contribution in [1.82, 2.24) is 4.57 Å². The van der Waals surface area contributed by atoms with Crippen LogP contribution in [0.2, 0.25) is 0 Å². The molecule has 0 saturated heterocycles. The average molecular weight is 247 g/mol. The maximum absolute atomic E-state index is 11.4. The number of aromatic nitrogens is 1. The fourth-order valence-corrected chi connectivity index (χ4v) is 2.63. The van der Waals surface area contributed by atoms with Gasteiger partial charge in [0.2, 0.25) is 0 Å². The molecule has 0 unspecified atom stereocenters. The molecule has 1 heterocycles. The molecule has 0 atom stereocenters. The van der Waals surface area contributed by atoms with Crippen molar-refractivity contribution in [1.29, 1.82) is 0 Å². The quantitative estimate of drug-likeness (QED) is 0.887. The molecule has 1 aromatic heterocycles. The summed E-state index contributed by atoms with van der Waals surface area (Å²) in [5, 5.41) is 10.1. The molecule has 0 saturated carbocycles. The van der Waals surface area contributed by atoms with Gasteiger partial charge >= 0.3 is 5.97 Å². The van der Waals surface area contributed by atoms with Crippen LogP contribution in [0.25, 0.3) is 10.9 Å². The van der Waals surface area contributed by atoms with Gasteiger partial charge in [0.05, 0.1) is 12.7 Å². The van der Waals surface area contributed by atoms with Crippen molar-refractivity contribution >= 4 is 16.9 Å². The Morgan fingerprint density at radius 3 is 2.44 bits per heavy atom. The number of rotatable bonds is 2. The number of ether oxygens (including phenoxy) is 1. The minimum absolute atomic E-state index is 0.364. The molecule has 18 heavy (non-hydrogen) atoms. The molecule has 4 nitrogen and oxygen atoms in total. The van der Waals surface area contributed by atoms with Gasteiger partial charge in [0.1, 0.15) is 5.75 Å². The van der Waals surface area contributed by atoms with Gasteiger partial charge in [-0.2, -0.15) is 0 Å². The molecule has 1 N–H and O–H groups in total. The highest BCUT2D eigenvalue weighted by Gasteiger charge is 2.22. The van der Waals surface area contributed by atoms with Crippen LogP contribution in [0.1, 0.15) is 27.2 Å². The Balaban J connectivity index is 3.03. The van der Waals surface area contributed by atoms with E-state index in [1.54, 1.807) is 7.11 Å². The number of carboxylic acids is 1. The summed E-state index contributed by atoms with van der Waals surface area (Å²) >= 11 is 0. The summed E-state index contributed by atoms with van der Waals surface area (Å²) in [6, 6.07) is 1.97. The molecule has 0 aliphatic carbocycles. The van der Waals surface area contributed by atoms with Crippen LogP contribution >= 0.6 is 0 Å². The first-order valence-corrected chi connectivity index (χ1v) is 5.76. The molecule has 0 spiro atoms. The van der Waals surface area contributed by atoms with Crippen molar-refractivity contribution in [2.75, 3.05) is 7.11 Å². The van der Waals surface area contributed by atoms with Crippen molar-refractivity contribution in [3.05, 3.63) is 28.5 Å². The summed E-state index contributed by atoms with van der Waals surface area (Å²) in [4.78, 5) is 11.4. The molecule has 0 bridgehead atoms. The topological polar surface area (TPSA) is 51.5 Å². The Bertz CT molecular complexity index is 653. The van der Waals surface area contributed by atoms with E-state index in [-0.39, 0.29) is 0 Å². The third kappa shape index (κ3) is 1.49. The highest BCUT2D eigenvalue weighted by atomic mass is 16.5. The van der Waals surface area contributed by atoms with E-state index in [2.05, 4.69) is 0 Å². The van der Waals surface area contributed by atoms with E-state index >= 15 is 0 Å². The Kier molecular flexibility index (Phi) is 2.81. The van der Waals surface area contributed by atoms with E-state index in [1.807, 2.05) is 38.5 Å². The highest BCUT2D eigenvalue weighted by Crippen LogP contribution is 2.35. The second-order valence-corrected chi connectivity index (χ2v) is 4.57. The molecule has 0 aliphatic rings. The van der Waals surface area contributed by atoms with Crippen molar-refractivity contribution < 1.29 is 14.6 Å². The van der Waals surface area contributed by atoms with Crippen LogP contribution in [0.4, 0.5) is 0 Å². The molecular weight excluding hydrogens is 230 g/mol. The van der Waals surface area contributed by atoms with Gasteiger partial charge in [-0.1, -0.05) is 0 Å². The molecular formula is C14H17NO3. The molecule has 2 aromatic rings. The highest BCUT2D eigenvalue weighted by molar-refractivity contribution is 6.07. The first-order chi connectivity index (χ1) is 8.40. The first-order valence-electron chi connectivity index (χ1n) is 5.76. The van der Waals surface area contributed by atoms with Crippen LogP contribution < -0.4 is 4.74 Å². The van der Waals surface area contributed by atoms with E-state index in [4.69, 9.17) is 4.74 Å². The number of aromatic carboxylic acids is 1. The van der Waals surface area contributed by atoms with Gasteiger partial charge in [0, 0.05) is 29.2 Å². The lowest BCUT2D eigenvalue weighted by Crippen LogP contribution is -2.00. The number of nitrogens with zero attached hydrogens (tertiary/aromatic N) is 1. The van der Waals surface area contributed by atoms with E-state index in [9.17, 15) is 9.90 Å². The number of carbonyl (C=O) groups is 1. The summed E-state index contributed by atoms with van der Waals surface area (Å²) < 4.78 is 7.28. The lowest BCUT2D eigenvalue weighted by Gasteiger charge is -2.10. The largest absolute Gasteiger partial charge is 0.496 e. The molecule has 0 aliphatic heterocycles. The molecule has 1 aromatic carbocycles. The van der Waals surface area contributed by atoms with Crippen molar-refractivity contribution in [2.45, 2.75) is 20.8 Å². The lowest BCUT2D eigenvalue weighted by atomic mass is 10.0. The summed E-state index contributed by atoms with van der Waals surface area (Å²) in [6.07, 6.45) is 0. The fourth-order valence-electron chi connectivity index (χ4n) is 2.63. The van der Waals surface area contributed by atoms with Crippen molar-refractivity contribution in [2.24, 2.45) is 7.05 Å². The monoisotopic (exact) mass is 247 g/mol. The number of aryl methyl sites for hydroxylation is 3. The summed E-state index contributed by atoms with van der Waals surface area (Å²) in [6.45, 7) is 5.69. The third-order valence-corrected chi connectivity index (χ3v) is 3.58. The number of fused-ring (bicyclic) bond motifs is 1. The zero-order chi connectivity index (χ0) is 13.6. The van der Waals surface area contributed by atoms with Gasteiger partial charge in [-0.25, -0.2) is 4.79 Å². The number of methoxy groups -OCH3 is 1. The van der Waals surface area contributed by atoms with Gasteiger partial charge in [-0.05, 0) is 32.4 Å². The minimum atomic E-state index is -0.896. The normalized spacial score (nSPS) is 10.9. The Labute approximate surface area is 106 Å². The zero-order valence-corrected chi connectivity index (χ0v) is 11.3. The second-order valence-electron chi connectivity index (χ2n) is 4.57. The van der Waals surface area contributed by atoms with Crippen molar-refractivity contribution in [3.63, 3.8) is 0 Å². The first kappa shape index (κ1) is 12.5. The maximum atomic E-state index is 11.4. The number of benzene rings is 1. The second kappa shape index (κ2) is 4.05. The summed E-state index contributed by atoms with van der Waals surface area (Å²) in [7, 11) is 3.49. The Morgan fingerprint density at radius 2 is 1.94 bits per heavy atom. The fraction of sp³-hybridized carbons (Fsp3) is 0.357. The van der Waals surface area contributed by atoms with Gasteiger partial charge < -0.3 is 14.4 Å². The molecule has 96 valence electrons. The minimum Gasteiger partial charge on any atom is -0.496 e. The smallest absolute Gasteiger partial charge is 0.338 e. The lowest BCUT2D eigenvalue weighted by molar-refractivity contribution is 0.0698. The number of hydrogen-bond donors (Lipinski definition) is 1. The van der Waals surface area contributed by atoms with Crippen LogP contribution in [-0.4, -0.2) is 22.8 Å². The summed E-state index contributed by atoms with van der Waals surface area (Å²) in [5.74, 6) is -0.136. The van der Waals surface area contributed by atoms with Gasteiger partial charge in [0.15, 0.2) is 0 Å². The van der Waals surface area contributed by atoms with Gasteiger partial charge in [-0.3, -0.25) is 0 Å². The van der Waals surface area contributed by atoms with Gasteiger partial charge in [0.25, 0.3) is 0 Å². The maximum Gasteiger partial charge on any atom is 0.338 e. The van der Waals surface area contributed by atoms with Crippen LogP contribution in [0.15, 0.2) is 6.07 Å². The Hall–Kier alpha value is -1.97. The van der Waals surface area contributed by atoms with Crippen molar-refractivity contribution in [3.8, 4) is 5.75 Å². The molecule has 0 fully saturated rings. The van der Waals surface area contributed by atoms with Crippen LogP contribution in [0, 0.1) is 20.8 Å². The molecule has 0 amide bonds. The third-order valence-electron chi connectivity index (χ3n) is 3.58. The van der Waals surface area contributed by atoms with Crippen LogP contribution in [0.3, 0.4) is 0 Å². The van der Waals surface area contributed by atoms with E-state index in [1.165, 1.54) is 0 Å². The molecule has 0 radical (unpaired) electrons. The molecule has 4 heteroatoms. The predicted molar refractivity (Wildman–Crippen MR) is 70.6 cm³/mol. The SMILES string of the molecule is COc1c(C)cc2c(c1C)c(C(=O)O)c(C)n2C. The predicted octanol–water partition coefficient (Wildman–Crippen LogP) is 2.81. The van der Waals surface area contributed by atoms with Gasteiger partial charge in [-0.15, -0.1) is 0 Å². The number of hydrogen-bond acceptors (Lipinski definition) is 2. The average Bonchev–Trinajstić information content (AvgIpc) is 2.54. The standard InChI is InChI=1S/C14H17NO3/c1-7-6-10-11(8(2)13(7)18-5)12(14(16)17)9(3)15(10)4/h6H,1-5H3,(H,16,17). The summed E-state index contributed by atoms with van der Waals surface area (Å²) in [5.41, 5.74) is 3.95. The van der Waals surface area contributed by atoms with Crippen LogP contribution in [-0.2, 0) is 7.05 Å².